The molecule has 0 aromatic heterocycles. The molecule has 0 bridgehead atoms. The third kappa shape index (κ3) is 5.47. The third-order valence-electron chi connectivity index (χ3n) is 3.06. The molecule has 4 heteroatoms. The summed E-state index contributed by atoms with van der Waals surface area (Å²) in [5.41, 5.74) is 1.10. The second kappa shape index (κ2) is 8.93. The summed E-state index contributed by atoms with van der Waals surface area (Å²) in [5.74, 6) is -0.0798. The minimum Gasteiger partial charge on any atom is -0.368 e. The van der Waals surface area contributed by atoms with Crippen LogP contribution in [0.3, 0.4) is 0 Å². The molecule has 1 amide bonds. The Labute approximate surface area is 129 Å². The SMILES string of the molecule is C=CCCO[C@H](C)C(=O)N[C@H](CC)c1ccc(Br)cc1. The van der Waals surface area contributed by atoms with Gasteiger partial charge in [0.25, 0.3) is 0 Å². The van der Waals surface area contributed by atoms with Crippen molar-refractivity contribution in [2.24, 2.45) is 0 Å². The molecule has 0 aliphatic rings. The highest BCUT2D eigenvalue weighted by Gasteiger charge is 2.18. The standard InChI is InChI=1S/C16H22BrNO2/c1-4-6-11-20-12(3)16(19)18-15(5-2)13-7-9-14(17)10-8-13/h4,7-10,12,15H,1,5-6,11H2,2-3H3,(H,18,19)/t12-,15-/m1/s1. The van der Waals surface area contributed by atoms with Crippen LogP contribution in [0.4, 0.5) is 0 Å². The highest BCUT2D eigenvalue weighted by atomic mass is 79.9. The van der Waals surface area contributed by atoms with Gasteiger partial charge < -0.3 is 10.1 Å². The van der Waals surface area contributed by atoms with Crippen molar-refractivity contribution in [2.45, 2.75) is 38.8 Å². The summed E-state index contributed by atoms with van der Waals surface area (Å²) >= 11 is 3.41. The van der Waals surface area contributed by atoms with E-state index in [1.807, 2.05) is 24.3 Å². The van der Waals surface area contributed by atoms with Gasteiger partial charge in [-0.15, -0.1) is 6.58 Å². The number of halogens is 1. The third-order valence-corrected chi connectivity index (χ3v) is 3.58. The lowest BCUT2D eigenvalue weighted by Gasteiger charge is -2.20. The zero-order valence-electron chi connectivity index (χ0n) is 12.1. The number of ether oxygens (including phenoxy) is 1. The summed E-state index contributed by atoms with van der Waals surface area (Å²) < 4.78 is 6.48. The predicted molar refractivity (Wildman–Crippen MR) is 85.5 cm³/mol. The van der Waals surface area contributed by atoms with E-state index in [9.17, 15) is 4.79 Å². The lowest BCUT2D eigenvalue weighted by molar-refractivity contribution is -0.132. The van der Waals surface area contributed by atoms with Gasteiger partial charge in [0.05, 0.1) is 12.6 Å². The van der Waals surface area contributed by atoms with Gasteiger partial charge >= 0.3 is 0 Å². The molecule has 3 nitrogen and oxygen atoms in total. The molecular formula is C16H22BrNO2. The number of amides is 1. The number of carbonyl (C=O) groups excluding carboxylic acids is 1. The number of hydrogen-bond donors (Lipinski definition) is 1. The Morgan fingerprint density at radius 2 is 2.10 bits per heavy atom. The maximum absolute atomic E-state index is 12.1. The van der Waals surface area contributed by atoms with Crippen LogP contribution in [-0.4, -0.2) is 18.6 Å². The topological polar surface area (TPSA) is 38.3 Å². The Bertz CT molecular complexity index is 431. The first-order valence-electron chi connectivity index (χ1n) is 6.86. The van der Waals surface area contributed by atoms with E-state index in [-0.39, 0.29) is 11.9 Å². The molecule has 0 radical (unpaired) electrons. The van der Waals surface area contributed by atoms with Gasteiger partial charge in [-0.1, -0.05) is 41.1 Å². The molecule has 1 rings (SSSR count). The van der Waals surface area contributed by atoms with E-state index >= 15 is 0 Å². The van der Waals surface area contributed by atoms with Crippen LogP contribution >= 0.6 is 15.9 Å². The van der Waals surface area contributed by atoms with Crippen molar-refractivity contribution < 1.29 is 9.53 Å². The minimum absolute atomic E-state index is 0.0149. The van der Waals surface area contributed by atoms with E-state index in [2.05, 4.69) is 34.7 Å². The molecule has 1 aromatic carbocycles. The summed E-state index contributed by atoms with van der Waals surface area (Å²) in [4.78, 5) is 12.1. The van der Waals surface area contributed by atoms with Crippen LogP contribution in [0.25, 0.3) is 0 Å². The van der Waals surface area contributed by atoms with Crippen molar-refractivity contribution in [3.05, 3.63) is 47.0 Å². The Hall–Kier alpha value is -1.13. The summed E-state index contributed by atoms with van der Waals surface area (Å²) in [7, 11) is 0. The molecule has 0 aliphatic heterocycles. The molecule has 110 valence electrons. The van der Waals surface area contributed by atoms with Crippen molar-refractivity contribution in [1.82, 2.24) is 5.32 Å². The van der Waals surface area contributed by atoms with Gasteiger partial charge in [0, 0.05) is 4.47 Å². The van der Waals surface area contributed by atoms with Crippen molar-refractivity contribution in [3.8, 4) is 0 Å². The fraction of sp³-hybridized carbons (Fsp3) is 0.438. The molecule has 0 fully saturated rings. The van der Waals surface area contributed by atoms with E-state index < -0.39 is 6.10 Å². The lowest BCUT2D eigenvalue weighted by atomic mass is 10.0. The number of hydrogen-bond acceptors (Lipinski definition) is 2. The van der Waals surface area contributed by atoms with E-state index in [1.54, 1.807) is 13.0 Å². The normalized spacial score (nSPS) is 13.6. The van der Waals surface area contributed by atoms with Crippen LogP contribution in [0, 0.1) is 0 Å². The summed E-state index contributed by atoms with van der Waals surface area (Å²) in [6, 6.07) is 8.01. The van der Waals surface area contributed by atoms with Gasteiger partial charge in [-0.25, -0.2) is 0 Å². The highest BCUT2D eigenvalue weighted by Crippen LogP contribution is 2.19. The molecule has 2 atom stereocenters. The first-order valence-corrected chi connectivity index (χ1v) is 7.66. The van der Waals surface area contributed by atoms with Crippen molar-refractivity contribution >= 4 is 21.8 Å². The van der Waals surface area contributed by atoms with Gasteiger partial charge in [-0.3, -0.25) is 4.79 Å². The number of rotatable bonds is 8. The number of carbonyl (C=O) groups is 1. The van der Waals surface area contributed by atoms with Gasteiger partial charge in [-0.05, 0) is 37.5 Å². The van der Waals surface area contributed by atoms with Gasteiger partial charge in [0.1, 0.15) is 6.10 Å². The second-order valence-electron chi connectivity index (χ2n) is 4.61. The first kappa shape index (κ1) is 16.9. The molecule has 20 heavy (non-hydrogen) atoms. The summed E-state index contributed by atoms with van der Waals surface area (Å²) in [5, 5.41) is 3.02. The van der Waals surface area contributed by atoms with Crippen LogP contribution in [0.5, 0.6) is 0 Å². The largest absolute Gasteiger partial charge is 0.368 e. The fourth-order valence-corrected chi connectivity index (χ4v) is 2.07. The maximum Gasteiger partial charge on any atom is 0.249 e. The Balaban J connectivity index is 2.56. The van der Waals surface area contributed by atoms with E-state index in [0.29, 0.717) is 6.61 Å². The van der Waals surface area contributed by atoms with Crippen molar-refractivity contribution in [2.75, 3.05) is 6.61 Å². The molecule has 0 saturated carbocycles. The smallest absolute Gasteiger partial charge is 0.249 e. The van der Waals surface area contributed by atoms with E-state index in [0.717, 1.165) is 22.9 Å². The van der Waals surface area contributed by atoms with Crippen LogP contribution in [0.15, 0.2) is 41.4 Å². The van der Waals surface area contributed by atoms with E-state index in [1.165, 1.54) is 0 Å². The highest BCUT2D eigenvalue weighted by molar-refractivity contribution is 9.10. The van der Waals surface area contributed by atoms with E-state index in [4.69, 9.17) is 4.74 Å². The molecule has 0 aliphatic carbocycles. The number of nitrogens with one attached hydrogen (secondary N) is 1. The van der Waals surface area contributed by atoms with Crippen LogP contribution in [0.2, 0.25) is 0 Å². The van der Waals surface area contributed by atoms with Crippen molar-refractivity contribution in [3.63, 3.8) is 0 Å². The van der Waals surface area contributed by atoms with Crippen LogP contribution < -0.4 is 5.32 Å². The van der Waals surface area contributed by atoms with Gasteiger partial charge in [0.15, 0.2) is 0 Å². The summed E-state index contributed by atoms with van der Waals surface area (Å²) in [6.45, 7) is 7.97. The average Bonchev–Trinajstić information content (AvgIpc) is 2.45. The maximum atomic E-state index is 12.1. The van der Waals surface area contributed by atoms with Crippen molar-refractivity contribution in [1.29, 1.82) is 0 Å². The Morgan fingerprint density at radius 1 is 1.45 bits per heavy atom. The van der Waals surface area contributed by atoms with Gasteiger partial charge in [-0.2, -0.15) is 0 Å². The van der Waals surface area contributed by atoms with Crippen LogP contribution in [-0.2, 0) is 9.53 Å². The van der Waals surface area contributed by atoms with Crippen LogP contribution in [0.1, 0.15) is 38.3 Å². The summed E-state index contributed by atoms with van der Waals surface area (Å²) in [6.07, 6.45) is 2.93. The zero-order chi connectivity index (χ0) is 15.0. The molecule has 0 saturated heterocycles. The fourth-order valence-electron chi connectivity index (χ4n) is 1.81. The number of benzene rings is 1. The molecule has 0 spiro atoms. The molecule has 1 N–H and O–H groups in total. The lowest BCUT2D eigenvalue weighted by Crippen LogP contribution is -2.37. The zero-order valence-corrected chi connectivity index (χ0v) is 13.7. The Kier molecular flexibility index (Phi) is 7.55. The first-order chi connectivity index (χ1) is 9.58. The average molecular weight is 340 g/mol. The minimum atomic E-state index is -0.445. The molecular weight excluding hydrogens is 318 g/mol. The molecule has 1 aromatic rings. The molecule has 0 heterocycles. The molecule has 0 unspecified atom stereocenters. The second-order valence-corrected chi connectivity index (χ2v) is 5.53. The predicted octanol–water partition coefficient (Wildman–Crippen LogP) is 4.00. The monoisotopic (exact) mass is 339 g/mol. The Morgan fingerprint density at radius 3 is 2.65 bits per heavy atom. The quantitative estimate of drug-likeness (QED) is 0.574. The van der Waals surface area contributed by atoms with Gasteiger partial charge in [0.2, 0.25) is 5.91 Å².